The average Bonchev–Trinajstić information content (AvgIpc) is 2.79. The lowest BCUT2D eigenvalue weighted by Gasteiger charge is -2.38. The lowest BCUT2D eigenvalue weighted by molar-refractivity contribution is -0.155. The molecule has 1 N–H and O–H groups in total. The standard InChI is InChI=1S/C23H26F2N2O5/c1-26(14-28)22(23(29)30)27-9-3-4-15(12-27)13-32-17-7-5-16(6-8-17)18-10-19(24)20(25)11-21(18)31-2/h5-8,10-11,14-15,22H,3-4,9,12-13H2,1-2H3,(H,29,30). The Morgan fingerprint density at radius 1 is 1.28 bits per heavy atom. The molecular weight excluding hydrogens is 422 g/mol. The summed E-state index contributed by atoms with van der Waals surface area (Å²) in [6.45, 7) is 1.48. The fourth-order valence-corrected chi connectivity index (χ4v) is 3.97. The molecule has 2 aromatic carbocycles. The van der Waals surface area contributed by atoms with Crippen LogP contribution in [0.15, 0.2) is 36.4 Å². The van der Waals surface area contributed by atoms with E-state index in [1.54, 1.807) is 29.2 Å². The van der Waals surface area contributed by atoms with Gasteiger partial charge in [-0.1, -0.05) is 12.1 Å². The molecule has 1 heterocycles. The van der Waals surface area contributed by atoms with E-state index in [4.69, 9.17) is 9.47 Å². The Morgan fingerprint density at radius 3 is 2.59 bits per heavy atom. The molecule has 0 radical (unpaired) electrons. The zero-order valence-corrected chi connectivity index (χ0v) is 18.0. The molecule has 1 saturated heterocycles. The summed E-state index contributed by atoms with van der Waals surface area (Å²) in [5, 5.41) is 9.48. The fourth-order valence-electron chi connectivity index (χ4n) is 3.97. The molecule has 1 fully saturated rings. The molecule has 0 saturated carbocycles. The van der Waals surface area contributed by atoms with Gasteiger partial charge < -0.3 is 19.5 Å². The van der Waals surface area contributed by atoms with Crippen LogP contribution in [0.4, 0.5) is 8.78 Å². The molecule has 1 aliphatic rings. The van der Waals surface area contributed by atoms with Gasteiger partial charge in [0.25, 0.3) is 0 Å². The molecule has 1 amide bonds. The van der Waals surface area contributed by atoms with E-state index in [2.05, 4.69) is 0 Å². The minimum atomic E-state index is -1.07. The van der Waals surface area contributed by atoms with Gasteiger partial charge in [-0.05, 0) is 36.6 Å². The van der Waals surface area contributed by atoms with Gasteiger partial charge in [0.1, 0.15) is 11.5 Å². The molecule has 32 heavy (non-hydrogen) atoms. The molecule has 7 nitrogen and oxygen atoms in total. The quantitative estimate of drug-likeness (QED) is 0.594. The van der Waals surface area contributed by atoms with Crippen LogP contribution < -0.4 is 9.47 Å². The smallest absolute Gasteiger partial charge is 0.341 e. The summed E-state index contributed by atoms with van der Waals surface area (Å²) in [5.41, 5.74) is 1.08. The topological polar surface area (TPSA) is 79.3 Å². The van der Waals surface area contributed by atoms with Gasteiger partial charge in [-0.2, -0.15) is 0 Å². The van der Waals surface area contributed by atoms with E-state index in [-0.39, 0.29) is 11.7 Å². The molecule has 0 aromatic heterocycles. The third-order valence-corrected chi connectivity index (χ3v) is 5.56. The fraction of sp³-hybridized carbons (Fsp3) is 0.391. The number of carboxylic acid groups (broad SMARTS) is 1. The highest BCUT2D eigenvalue weighted by Gasteiger charge is 2.33. The van der Waals surface area contributed by atoms with Crippen LogP contribution in [-0.4, -0.2) is 67.3 Å². The Hall–Kier alpha value is -3.20. The number of piperidine rings is 1. The van der Waals surface area contributed by atoms with Crippen LogP contribution in [0.2, 0.25) is 0 Å². The van der Waals surface area contributed by atoms with Crippen molar-refractivity contribution < 1.29 is 33.0 Å². The number of nitrogens with zero attached hydrogens (tertiary/aromatic N) is 2. The van der Waals surface area contributed by atoms with Crippen LogP contribution in [0.1, 0.15) is 12.8 Å². The second-order valence-electron chi connectivity index (χ2n) is 7.79. The second-order valence-corrected chi connectivity index (χ2v) is 7.79. The van der Waals surface area contributed by atoms with Gasteiger partial charge in [0.2, 0.25) is 6.41 Å². The molecule has 2 aromatic rings. The van der Waals surface area contributed by atoms with Crippen LogP contribution in [0.25, 0.3) is 11.1 Å². The molecule has 3 rings (SSSR count). The first-order valence-electron chi connectivity index (χ1n) is 10.2. The molecule has 0 spiro atoms. The number of carboxylic acids is 1. The number of hydrogen-bond donors (Lipinski definition) is 1. The summed E-state index contributed by atoms with van der Waals surface area (Å²) < 4.78 is 38.2. The Balaban J connectivity index is 1.64. The van der Waals surface area contributed by atoms with Crippen molar-refractivity contribution in [2.75, 3.05) is 33.9 Å². The number of methoxy groups -OCH3 is 1. The summed E-state index contributed by atoms with van der Waals surface area (Å²) in [5.74, 6) is -2.05. The molecule has 1 aliphatic heterocycles. The first-order valence-corrected chi connectivity index (χ1v) is 10.2. The summed E-state index contributed by atoms with van der Waals surface area (Å²) in [4.78, 5) is 25.6. The van der Waals surface area contributed by atoms with Gasteiger partial charge in [-0.3, -0.25) is 9.69 Å². The Labute approximate surface area is 185 Å². The van der Waals surface area contributed by atoms with Crippen molar-refractivity contribution in [3.63, 3.8) is 0 Å². The number of likely N-dealkylation sites (tertiary alicyclic amines) is 1. The van der Waals surface area contributed by atoms with E-state index in [1.807, 2.05) is 0 Å². The summed E-state index contributed by atoms with van der Waals surface area (Å²) in [7, 11) is 2.85. The molecular formula is C23H26F2N2O5. The molecule has 9 heteroatoms. The maximum Gasteiger partial charge on any atom is 0.341 e. The number of benzene rings is 2. The van der Waals surface area contributed by atoms with E-state index >= 15 is 0 Å². The number of carbonyl (C=O) groups is 2. The SMILES string of the molecule is COc1cc(F)c(F)cc1-c1ccc(OCC2CCCN(C(C(=O)O)N(C)C=O)C2)cc1. The lowest BCUT2D eigenvalue weighted by Crippen LogP contribution is -2.54. The molecule has 0 bridgehead atoms. The minimum absolute atomic E-state index is 0.108. The van der Waals surface area contributed by atoms with Crippen LogP contribution in [-0.2, 0) is 9.59 Å². The summed E-state index contributed by atoms with van der Waals surface area (Å²) >= 11 is 0. The summed E-state index contributed by atoms with van der Waals surface area (Å²) in [6, 6.07) is 9.04. The van der Waals surface area contributed by atoms with E-state index in [1.165, 1.54) is 14.2 Å². The van der Waals surface area contributed by atoms with E-state index in [0.717, 1.165) is 29.9 Å². The molecule has 2 atom stereocenters. The summed E-state index contributed by atoms with van der Waals surface area (Å²) in [6.07, 6.45) is 1.21. The largest absolute Gasteiger partial charge is 0.496 e. The lowest BCUT2D eigenvalue weighted by atomic mass is 9.98. The van der Waals surface area contributed by atoms with Crippen molar-refractivity contribution >= 4 is 12.4 Å². The Bertz CT molecular complexity index is 954. The third kappa shape index (κ3) is 5.34. The Kier molecular flexibility index (Phi) is 7.63. The number of likely N-dealkylation sites (N-methyl/N-ethyl adjacent to an activating group) is 1. The van der Waals surface area contributed by atoms with Crippen molar-refractivity contribution in [2.24, 2.45) is 5.92 Å². The van der Waals surface area contributed by atoms with E-state index in [9.17, 15) is 23.5 Å². The van der Waals surface area contributed by atoms with Crippen molar-refractivity contribution in [1.29, 1.82) is 0 Å². The average molecular weight is 448 g/mol. The van der Waals surface area contributed by atoms with E-state index < -0.39 is 23.8 Å². The van der Waals surface area contributed by atoms with Gasteiger partial charge in [0.15, 0.2) is 17.8 Å². The highest BCUT2D eigenvalue weighted by molar-refractivity contribution is 5.75. The number of amides is 1. The minimum Gasteiger partial charge on any atom is -0.496 e. The zero-order valence-electron chi connectivity index (χ0n) is 18.0. The zero-order chi connectivity index (χ0) is 23.3. The predicted molar refractivity (Wildman–Crippen MR) is 113 cm³/mol. The van der Waals surface area contributed by atoms with Crippen molar-refractivity contribution in [3.8, 4) is 22.6 Å². The van der Waals surface area contributed by atoms with Crippen LogP contribution in [0.5, 0.6) is 11.5 Å². The number of aliphatic carboxylic acids is 1. The van der Waals surface area contributed by atoms with Crippen molar-refractivity contribution in [1.82, 2.24) is 9.80 Å². The van der Waals surface area contributed by atoms with Crippen molar-refractivity contribution in [3.05, 3.63) is 48.0 Å². The van der Waals surface area contributed by atoms with Gasteiger partial charge in [-0.15, -0.1) is 0 Å². The van der Waals surface area contributed by atoms with Gasteiger partial charge >= 0.3 is 5.97 Å². The predicted octanol–water partition coefficient (Wildman–Crippen LogP) is 3.23. The van der Waals surface area contributed by atoms with Gasteiger partial charge in [-0.25, -0.2) is 13.6 Å². The number of ether oxygens (including phenoxy) is 2. The molecule has 0 aliphatic carbocycles. The van der Waals surface area contributed by atoms with E-state index in [0.29, 0.717) is 43.0 Å². The highest BCUT2D eigenvalue weighted by atomic mass is 19.2. The molecule has 172 valence electrons. The number of rotatable bonds is 9. The maximum atomic E-state index is 13.7. The second kappa shape index (κ2) is 10.4. The maximum absolute atomic E-state index is 13.7. The van der Waals surface area contributed by atoms with Crippen molar-refractivity contribution in [2.45, 2.75) is 19.0 Å². The third-order valence-electron chi connectivity index (χ3n) is 5.56. The molecule has 2 unspecified atom stereocenters. The van der Waals surface area contributed by atoms with Crippen LogP contribution >= 0.6 is 0 Å². The number of hydrogen-bond acceptors (Lipinski definition) is 5. The van der Waals surface area contributed by atoms with Crippen LogP contribution in [0, 0.1) is 17.6 Å². The van der Waals surface area contributed by atoms with Crippen LogP contribution in [0.3, 0.4) is 0 Å². The van der Waals surface area contributed by atoms with Gasteiger partial charge in [0.05, 0.1) is 13.7 Å². The number of carbonyl (C=O) groups excluding carboxylic acids is 1. The monoisotopic (exact) mass is 448 g/mol. The first-order chi connectivity index (χ1) is 15.3. The first kappa shape index (κ1) is 23.5. The van der Waals surface area contributed by atoms with Gasteiger partial charge in [0, 0.05) is 37.7 Å². The highest BCUT2D eigenvalue weighted by Crippen LogP contribution is 2.33. The number of halogens is 2. The Morgan fingerprint density at radius 2 is 1.97 bits per heavy atom. The normalized spacial score (nSPS) is 17.4.